The van der Waals surface area contributed by atoms with E-state index >= 15 is 0 Å². The second kappa shape index (κ2) is 6.45. The van der Waals surface area contributed by atoms with E-state index in [1.54, 1.807) is 6.20 Å². The van der Waals surface area contributed by atoms with Crippen LogP contribution in [0.4, 0.5) is 0 Å². The van der Waals surface area contributed by atoms with Gasteiger partial charge >= 0.3 is 0 Å². The van der Waals surface area contributed by atoms with Crippen molar-refractivity contribution in [2.45, 2.75) is 40.5 Å². The summed E-state index contributed by atoms with van der Waals surface area (Å²) in [7, 11) is 0. The minimum atomic E-state index is -0.165. The average Bonchev–Trinajstić information content (AvgIpc) is 2.28. The van der Waals surface area contributed by atoms with Crippen LogP contribution in [0.2, 0.25) is 0 Å². The van der Waals surface area contributed by atoms with Crippen LogP contribution in [0.15, 0.2) is 33.6 Å². The van der Waals surface area contributed by atoms with E-state index in [1.807, 2.05) is 33.8 Å². The SMILES string of the molecule is C/C=C\N=C(C)CN=CC1=C(O)CC(C)(C)CC1=O. The van der Waals surface area contributed by atoms with Gasteiger partial charge in [0.2, 0.25) is 0 Å². The van der Waals surface area contributed by atoms with Crippen LogP contribution in [0.25, 0.3) is 0 Å². The molecule has 0 saturated carbocycles. The average molecular weight is 262 g/mol. The van der Waals surface area contributed by atoms with Gasteiger partial charge in [-0.2, -0.15) is 0 Å². The van der Waals surface area contributed by atoms with Gasteiger partial charge in [-0.25, -0.2) is 0 Å². The van der Waals surface area contributed by atoms with Crippen molar-refractivity contribution in [3.8, 4) is 0 Å². The highest BCUT2D eigenvalue weighted by Crippen LogP contribution is 2.34. The van der Waals surface area contributed by atoms with Gasteiger partial charge in [0.05, 0.1) is 12.1 Å². The molecule has 0 bridgehead atoms. The minimum absolute atomic E-state index is 0.0412. The lowest BCUT2D eigenvalue weighted by atomic mass is 9.77. The van der Waals surface area contributed by atoms with E-state index in [-0.39, 0.29) is 17.0 Å². The molecule has 1 rings (SSSR count). The third-order valence-electron chi connectivity index (χ3n) is 2.88. The van der Waals surface area contributed by atoms with E-state index in [0.717, 1.165) is 5.71 Å². The molecule has 0 spiro atoms. The van der Waals surface area contributed by atoms with Crippen molar-refractivity contribution < 1.29 is 9.90 Å². The number of ketones is 1. The fourth-order valence-electron chi connectivity index (χ4n) is 1.96. The summed E-state index contributed by atoms with van der Waals surface area (Å²) in [5, 5.41) is 9.91. The van der Waals surface area contributed by atoms with Crippen LogP contribution in [0.3, 0.4) is 0 Å². The molecule has 1 aliphatic carbocycles. The maximum absolute atomic E-state index is 11.9. The first kappa shape index (κ1) is 15.3. The van der Waals surface area contributed by atoms with Crippen LogP contribution >= 0.6 is 0 Å². The highest BCUT2D eigenvalue weighted by molar-refractivity contribution is 6.14. The van der Waals surface area contributed by atoms with E-state index < -0.39 is 0 Å². The van der Waals surface area contributed by atoms with Crippen LogP contribution in [0.5, 0.6) is 0 Å². The molecule has 0 radical (unpaired) electrons. The fraction of sp³-hybridized carbons (Fsp3) is 0.533. The molecule has 0 atom stereocenters. The number of allylic oxidation sites excluding steroid dienone is 3. The largest absolute Gasteiger partial charge is 0.511 e. The van der Waals surface area contributed by atoms with Gasteiger partial charge in [0, 0.05) is 31.0 Å². The van der Waals surface area contributed by atoms with E-state index in [0.29, 0.717) is 25.0 Å². The number of nitrogens with zero attached hydrogens (tertiary/aromatic N) is 2. The van der Waals surface area contributed by atoms with Crippen LogP contribution in [0.1, 0.15) is 40.5 Å². The fourth-order valence-corrected chi connectivity index (χ4v) is 1.96. The number of carbonyl (C=O) groups is 1. The van der Waals surface area contributed by atoms with E-state index in [2.05, 4.69) is 9.98 Å². The van der Waals surface area contributed by atoms with Gasteiger partial charge in [-0.05, 0) is 19.3 Å². The predicted molar refractivity (Wildman–Crippen MR) is 79.0 cm³/mol. The van der Waals surface area contributed by atoms with E-state index in [9.17, 15) is 9.90 Å². The van der Waals surface area contributed by atoms with Gasteiger partial charge in [0.15, 0.2) is 5.78 Å². The maximum atomic E-state index is 11.9. The number of rotatable bonds is 4. The zero-order valence-electron chi connectivity index (χ0n) is 12.1. The molecule has 0 amide bonds. The lowest BCUT2D eigenvalue weighted by Crippen LogP contribution is -2.26. The van der Waals surface area contributed by atoms with Gasteiger partial charge < -0.3 is 5.11 Å². The standard InChI is InChI=1S/C15H22N2O2/c1-5-6-17-11(2)9-16-10-12-13(18)7-15(3,4)8-14(12)19/h5-6,10,18H,7-9H2,1-4H3/b6-5-,16-10?,17-11?. The van der Waals surface area contributed by atoms with Crippen LogP contribution in [-0.4, -0.2) is 29.4 Å². The summed E-state index contributed by atoms with van der Waals surface area (Å²) in [6.45, 7) is 8.15. The summed E-state index contributed by atoms with van der Waals surface area (Å²) in [6, 6.07) is 0. The molecular weight excluding hydrogens is 240 g/mol. The second-order valence-corrected chi connectivity index (χ2v) is 5.62. The molecule has 4 heteroatoms. The quantitative estimate of drug-likeness (QED) is 0.790. The van der Waals surface area contributed by atoms with Crippen LogP contribution in [0, 0.1) is 5.41 Å². The third kappa shape index (κ3) is 4.81. The molecule has 1 N–H and O–H groups in total. The third-order valence-corrected chi connectivity index (χ3v) is 2.88. The number of hydrogen-bond donors (Lipinski definition) is 1. The Morgan fingerprint density at radius 1 is 1.42 bits per heavy atom. The molecule has 0 saturated heterocycles. The number of aliphatic imine (C=N–C) groups is 2. The summed E-state index contributed by atoms with van der Waals surface area (Å²) in [6.07, 6.45) is 5.99. The van der Waals surface area contributed by atoms with Crippen LogP contribution in [-0.2, 0) is 4.79 Å². The molecular formula is C15H22N2O2. The summed E-state index contributed by atoms with van der Waals surface area (Å²) in [4.78, 5) is 20.2. The number of Topliss-reactive ketones (excluding diaryl/α,β-unsaturated/α-hetero) is 1. The Kier molecular flexibility index (Phi) is 5.21. The summed E-state index contributed by atoms with van der Waals surface area (Å²) in [5.74, 6) is 0.105. The molecule has 1 aliphatic rings. The van der Waals surface area contributed by atoms with Crippen molar-refractivity contribution in [2.24, 2.45) is 15.4 Å². The van der Waals surface area contributed by atoms with Gasteiger partial charge in [-0.3, -0.25) is 14.8 Å². The Morgan fingerprint density at radius 3 is 2.68 bits per heavy atom. The first-order valence-corrected chi connectivity index (χ1v) is 6.45. The molecule has 104 valence electrons. The highest BCUT2D eigenvalue weighted by Gasteiger charge is 2.32. The molecule has 0 fully saturated rings. The summed E-state index contributed by atoms with van der Waals surface area (Å²) < 4.78 is 0. The number of aliphatic hydroxyl groups is 1. The first-order valence-electron chi connectivity index (χ1n) is 6.45. The van der Waals surface area contributed by atoms with Gasteiger partial charge in [-0.1, -0.05) is 19.9 Å². The number of aliphatic hydroxyl groups excluding tert-OH is 1. The minimum Gasteiger partial charge on any atom is -0.511 e. The van der Waals surface area contributed by atoms with Crippen molar-refractivity contribution in [3.63, 3.8) is 0 Å². The van der Waals surface area contributed by atoms with E-state index in [1.165, 1.54) is 6.21 Å². The molecule has 0 aliphatic heterocycles. The highest BCUT2D eigenvalue weighted by atomic mass is 16.3. The molecule has 0 heterocycles. The van der Waals surface area contributed by atoms with E-state index in [4.69, 9.17) is 0 Å². The van der Waals surface area contributed by atoms with Crippen molar-refractivity contribution in [1.82, 2.24) is 0 Å². The molecule has 0 unspecified atom stereocenters. The van der Waals surface area contributed by atoms with Crippen molar-refractivity contribution in [1.29, 1.82) is 0 Å². The van der Waals surface area contributed by atoms with Gasteiger partial charge in [0.25, 0.3) is 0 Å². The van der Waals surface area contributed by atoms with Crippen molar-refractivity contribution in [3.05, 3.63) is 23.6 Å². The molecule has 0 aromatic carbocycles. The van der Waals surface area contributed by atoms with Gasteiger partial charge in [0.1, 0.15) is 5.76 Å². The normalized spacial score (nSPS) is 20.8. The monoisotopic (exact) mass is 262 g/mol. The topological polar surface area (TPSA) is 62.0 Å². The molecule has 0 aromatic heterocycles. The zero-order chi connectivity index (χ0) is 14.5. The Labute approximate surface area is 114 Å². The second-order valence-electron chi connectivity index (χ2n) is 5.62. The Hall–Kier alpha value is -1.71. The first-order chi connectivity index (χ1) is 8.85. The Bertz CT molecular complexity index is 469. The molecule has 0 aromatic rings. The Balaban J connectivity index is 2.74. The Morgan fingerprint density at radius 2 is 2.11 bits per heavy atom. The lowest BCUT2D eigenvalue weighted by molar-refractivity contribution is -0.117. The number of hydrogen-bond acceptors (Lipinski definition) is 4. The number of carbonyl (C=O) groups excluding carboxylic acids is 1. The summed E-state index contributed by atoms with van der Waals surface area (Å²) >= 11 is 0. The van der Waals surface area contributed by atoms with Crippen LogP contribution < -0.4 is 0 Å². The molecule has 19 heavy (non-hydrogen) atoms. The predicted octanol–water partition coefficient (Wildman–Crippen LogP) is 3.25. The van der Waals surface area contributed by atoms with Gasteiger partial charge in [-0.15, -0.1) is 0 Å². The molecule has 4 nitrogen and oxygen atoms in total. The van der Waals surface area contributed by atoms with Crippen molar-refractivity contribution in [2.75, 3.05) is 6.54 Å². The lowest BCUT2D eigenvalue weighted by Gasteiger charge is -2.28. The zero-order valence-corrected chi connectivity index (χ0v) is 12.1. The smallest absolute Gasteiger partial charge is 0.168 e. The van der Waals surface area contributed by atoms with Crippen molar-refractivity contribution >= 4 is 17.7 Å². The maximum Gasteiger partial charge on any atom is 0.168 e. The summed E-state index contributed by atoms with van der Waals surface area (Å²) in [5.41, 5.74) is 1.04.